The molecule has 0 saturated heterocycles. The molecule has 1 unspecified atom stereocenters. The monoisotopic (exact) mass is 207 g/mol. The summed E-state index contributed by atoms with van der Waals surface area (Å²) < 4.78 is 4.39. The van der Waals surface area contributed by atoms with Gasteiger partial charge in [0.1, 0.15) is 5.92 Å². The minimum atomic E-state index is -1.41. The van der Waals surface area contributed by atoms with E-state index in [0.717, 1.165) is 12.7 Å². The van der Waals surface area contributed by atoms with Gasteiger partial charge in [-0.1, -0.05) is 30.3 Å². The highest BCUT2D eigenvalue weighted by atomic mass is 16.5. The maximum absolute atomic E-state index is 11.1. The second-order valence-corrected chi connectivity index (χ2v) is 3.08. The zero-order chi connectivity index (χ0) is 11.3. The number of carbonyl (C=O) groups excluding carboxylic acids is 2. The second-order valence-electron chi connectivity index (χ2n) is 3.08. The van der Waals surface area contributed by atoms with Gasteiger partial charge in [0.15, 0.2) is 0 Å². The van der Waals surface area contributed by atoms with Crippen molar-refractivity contribution in [2.24, 2.45) is 5.92 Å². The van der Waals surface area contributed by atoms with Crippen LogP contribution in [0.1, 0.15) is 5.56 Å². The molecule has 1 atom stereocenters. The molecule has 1 aromatic rings. The maximum Gasteiger partial charge on any atom is 0.314 e. The fourth-order valence-corrected chi connectivity index (χ4v) is 1.25. The van der Waals surface area contributed by atoms with Gasteiger partial charge in [0, 0.05) is 0 Å². The number of benzene rings is 1. The zero-order valence-corrected chi connectivity index (χ0v) is 8.30. The number of carboxylic acid groups (broad SMARTS) is 1. The summed E-state index contributed by atoms with van der Waals surface area (Å²) in [6.45, 7) is 0. The van der Waals surface area contributed by atoms with E-state index in [1.54, 1.807) is 24.3 Å². The van der Waals surface area contributed by atoms with Crippen molar-refractivity contribution in [3.05, 3.63) is 35.9 Å². The molecule has 0 aliphatic rings. The van der Waals surface area contributed by atoms with Gasteiger partial charge in [-0.25, -0.2) is 0 Å². The minimum absolute atomic E-state index is 0.0931. The van der Waals surface area contributed by atoms with Crippen molar-refractivity contribution in [3.8, 4) is 0 Å². The molecule has 4 heteroatoms. The van der Waals surface area contributed by atoms with Crippen molar-refractivity contribution >= 4 is 11.9 Å². The maximum atomic E-state index is 11.1. The molecule has 0 bridgehead atoms. The lowest BCUT2D eigenvalue weighted by atomic mass is 10.00. The Balaban J connectivity index is 2.76. The number of rotatable bonds is 4. The molecule has 0 aromatic heterocycles. The van der Waals surface area contributed by atoms with Gasteiger partial charge < -0.3 is 14.6 Å². The van der Waals surface area contributed by atoms with E-state index in [0.29, 0.717) is 0 Å². The van der Waals surface area contributed by atoms with Gasteiger partial charge in [0.05, 0.1) is 13.1 Å². The molecule has 4 nitrogen and oxygen atoms in total. The Labute approximate surface area is 87.5 Å². The van der Waals surface area contributed by atoms with Crippen molar-refractivity contribution in [1.29, 1.82) is 0 Å². The number of carboxylic acids is 1. The first-order valence-corrected chi connectivity index (χ1v) is 4.47. The van der Waals surface area contributed by atoms with Gasteiger partial charge >= 0.3 is 5.97 Å². The number of hydrogen-bond donors (Lipinski definition) is 0. The Kier molecular flexibility index (Phi) is 3.85. The lowest BCUT2D eigenvalue weighted by molar-refractivity contribution is -0.310. The van der Waals surface area contributed by atoms with Crippen LogP contribution in [0.3, 0.4) is 0 Å². The van der Waals surface area contributed by atoms with Crippen LogP contribution < -0.4 is 5.11 Å². The first kappa shape index (κ1) is 11.2. The molecule has 0 spiro atoms. The predicted molar refractivity (Wildman–Crippen MR) is 50.7 cm³/mol. The summed E-state index contributed by atoms with van der Waals surface area (Å²) in [5.74, 6) is -3.43. The van der Waals surface area contributed by atoms with Crippen LogP contribution in [0.15, 0.2) is 30.3 Å². The first-order valence-electron chi connectivity index (χ1n) is 4.47. The highest BCUT2D eigenvalue weighted by molar-refractivity contribution is 5.93. The molecular formula is C11H11O4-. The van der Waals surface area contributed by atoms with Crippen LogP contribution in [0, 0.1) is 5.92 Å². The Hall–Kier alpha value is -1.84. The van der Waals surface area contributed by atoms with Crippen LogP contribution in [0.4, 0.5) is 0 Å². The van der Waals surface area contributed by atoms with Crippen molar-refractivity contribution in [1.82, 2.24) is 0 Å². The van der Waals surface area contributed by atoms with E-state index in [1.807, 2.05) is 6.07 Å². The van der Waals surface area contributed by atoms with Gasteiger partial charge in [-0.05, 0) is 12.0 Å². The smallest absolute Gasteiger partial charge is 0.314 e. The summed E-state index contributed by atoms with van der Waals surface area (Å²) in [5.41, 5.74) is 0.761. The minimum Gasteiger partial charge on any atom is -0.549 e. The summed E-state index contributed by atoms with van der Waals surface area (Å²) in [7, 11) is 1.16. The van der Waals surface area contributed by atoms with Crippen molar-refractivity contribution in [2.45, 2.75) is 6.42 Å². The molecular weight excluding hydrogens is 196 g/mol. The summed E-state index contributed by atoms with van der Waals surface area (Å²) in [4.78, 5) is 21.8. The first-order chi connectivity index (χ1) is 7.15. The third-order valence-electron chi connectivity index (χ3n) is 2.05. The highest BCUT2D eigenvalue weighted by Crippen LogP contribution is 2.09. The molecule has 0 amide bonds. The summed E-state index contributed by atoms with van der Waals surface area (Å²) >= 11 is 0. The number of methoxy groups -OCH3 is 1. The molecule has 1 aromatic carbocycles. The zero-order valence-electron chi connectivity index (χ0n) is 8.30. The van der Waals surface area contributed by atoms with Crippen LogP contribution in [-0.4, -0.2) is 19.0 Å². The van der Waals surface area contributed by atoms with Crippen LogP contribution >= 0.6 is 0 Å². The normalized spacial score (nSPS) is 11.8. The Morgan fingerprint density at radius 1 is 1.33 bits per heavy atom. The average molecular weight is 207 g/mol. The second kappa shape index (κ2) is 5.14. The van der Waals surface area contributed by atoms with Crippen molar-refractivity contribution in [3.63, 3.8) is 0 Å². The number of carbonyl (C=O) groups is 2. The van der Waals surface area contributed by atoms with Crippen LogP contribution in [0.5, 0.6) is 0 Å². The predicted octanol–water partition coefficient (Wildman–Crippen LogP) is -0.232. The van der Waals surface area contributed by atoms with Crippen molar-refractivity contribution in [2.75, 3.05) is 7.11 Å². The lowest BCUT2D eigenvalue weighted by Gasteiger charge is -2.15. The van der Waals surface area contributed by atoms with E-state index in [2.05, 4.69) is 4.74 Å². The third kappa shape index (κ3) is 3.09. The van der Waals surface area contributed by atoms with Crippen molar-refractivity contribution < 1.29 is 19.4 Å². The number of hydrogen-bond acceptors (Lipinski definition) is 4. The van der Waals surface area contributed by atoms with Crippen LogP contribution in [0.25, 0.3) is 0 Å². The molecule has 80 valence electrons. The van der Waals surface area contributed by atoms with E-state index in [-0.39, 0.29) is 6.42 Å². The molecule has 0 N–H and O–H groups in total. The van der Waals surface area contributed by atoms with Crippen LogP contribution in [0.2, 0.25) is 0 Å². The van der Waals surface area contributed by atoms with E-state index in [4.69, 9.17) is 0 Å². The van der Waals surface area contributed by atoms with Gasteiger partial charge in [-0.2, -0.15) is 0 Å². The van der Waals surface area contributed by atoms with Crippen LogP contribution in [-0.2, 0) is 20.7 Å². The van der Waals surface area contributed by atoms with E-state index in [1.165, 1.54) is 0 Å². The fraction of sp³-hybridized carbons (Fsp3) is 0.273. The standard InChI is InChI=1S/C11H12O4/c1-15-11(14)9(10(12)13)7-8-5-3-2-4-6-8/h2-6,9H,7H2,1H3,(H,12,13)/p-1. The fourth-order valence-electron chi connectivity index (χ4n) is 1.25. The Bertz CT molecular complexity index is 345. The van der Waals surface area contributed by atoms with E-state index in [9.17, 15) is 14.7 Å². The summed E-state index contributed by atoms with van der Waals surface area (Å²) in [5, 5.41) is 10.7. The summed E-state index contributed by atoms with van der Waals surface area (Å²) in [6.07, 6.45) is 0.0931. The lowest BCUT2D eigenvalue weighted by Crippen LogP contribution is -2.38. The number of esters is 1. The number of aliphatic carboxylic acids is 1. The summed E-state index contributed by atoms with van der Waals surface area (Å²) in [6, 6.07) is 8.87. The molecule has 0 aliphatic carbocycles. The number of ether oxygens (including phenoxy) is 1. The molecule has 0 radical (unpaired) electrons. The molecule has 0 saturated carbocycles. The van der Waals surface area contributed by atoms with Gasteiger partial charge in [-0.3, -0.25) is 4.79 Å². The SMILES string of the molecule is COC(=O)C(Cc1ccccc1)C(=O)[O-]. The molecule has 0 fully saturated rings. The quantitative estimate of drug-likeness (QED) is 0.505. The topological polar surface area (TPSA) is 66.4 Å². The third-order valence-corrected chi connectivity index (χ3v) is 2.05. The molecule has 1 rings (SSSR count). The largest absolute Gasteiger partial charge is 0.549 e. The Morgan fingerprint density at radius 3 is 2.40 bits per heavy atom. The highest BCUT2D eigenvalue weighted by Gasteiger charge is 2.20. The Morgan fingerprint density at radius 2 is 1.93 bits per heavy atom. The van der Waals surface area contributed by atoms with Gasteiger partial charge in [0.2, 0.25) is 0 Å². The molecule has 15 heavy (non-hydrogen) atoms. The van der Waals surface area contributed by atoms with E-state index >= 15 is 0 Å². The van der Waals surface area contributed by atoms with E-state index < -0.39 is 17.9 Å². The molecule has 0 heterocycles. The average Bonchev–Trinajstić information content (AvgIpc) is 2.26. The molecule has 0 aliphatic heterocycles. The van der Waals surface area contributed by atoms with Gasteiger partial charge in [-0.15, -0.1) is 0 Å². The van der Waals surface area contributed by atoms with Gasteiger partial charge in [0.25, 0.3) is 0 Å².